The van der Waals surface area contributed by atoms with Gasteiger partial charge < -0.3 is 10.8 Å². The Morgan fingerprint density at radius 1 is 1.17 bits per heavy atom. The first-order chi connectivity index (χ1) is 8.40. The largest absolute Gasteiger partial charge is 0.383 e. The molecule has 0 amide bonds. The zero-order chi connectivity index (χ0) is 13.4. The van der Waals surface area contributed by atoms with Gasteiger partial charge in [0.05, 0.1) is 0 Å². The van der Waals surface area contributed by atoms with Gasteiger partial charge in [-0.2, -0.15) is 0 Å². The first kappa shape index (κ1) is 13.0. The van der Waals surface area contributed by atoms with Crippen LogP contribution in [0.25, 0.3) is 10.8 Å². The highest BCUT2D eigenvalue weighted by Gasteiger charge is 2.41. The van der Waals surface area contributed by atoms with Crippen molar-refractivity contribution in [1.82, 2.24) is 4.98 Å². The number of aliphatic hydroxyl groups is 1. The Morgan fingerprint density at radius 2 is 1.83 bits per heavy atom. The summed E-state index contributed by atoms with van der Waals surface area (Å²) in [7, 11) is 0. The Hall–Kier alpha value is -1.45. The van der Waals surface area contributed by atoms with Gasteiger partial charge in [0.2, 0.25) is 0 Å². The van der Waals surface area contributed by atoms with Crippen LogP contribution in [0.15, 0.2) is 36.7 Å². The molecule has 1 heterocycles. The molecule has 1 atom stereocenters. The van der Waals surface area contributed by atoms with Crippen molar-refractivity contribution in [1.29, 1.82) is 0 Å². The highest BCUT2D eigenvalue weighted by atomic mass is 16.3. The molecule has 0 fully saturated rings. The minimum Gasteiger partial charge on any atom is -0.383 e. The van der Waals surface area contributed by atoms with Crippen molar-refractivity contribution in [3.05, 3.63) is 42.2 Å². The van der Waals surface area contributed by atoms with Crippen LogP contribution >= 0.6 is 0 Å². The van der Waals surface area contributed by atoms with Gasteiger partial charge >= 0.3 is 0 Å². The number of fused-ring (bicyclic) bond motifs is 1. The minimum atomic E-state index is -1.08. The molecule has 0 spiro atoms. The molecule has 3 heteroatoms. The smallest absolute Gasteiger partial charge is 0.109 e. The third-order valence-corrected chi connectivity index (χ3v) is 3.65. The van der Waals surface area contributed by atoms with E-state index in [1.165, 1.54) is 0 Å². The predicted molar refractivity (Wildman–Crippen MR) is 74.1 cm³/mol. The zero-order valence-corrected chi connectivity index (χ0v) is 11.1. The Bertz CT molecular complexity index is 554. The third-order valence-electron chi connectivity index (χ3n) is 3.65. The van der Waals surface area contributed by atoms with Crippen LogP contribution in [0.5, 0.6) is 0 Å². The lowest BCUT2D eigenvalue weighted by Gasteiger charge is -2.40. The predicted octanol–water partition coefficient (Wildman–Crippen LogP) is 2.43. The van der Waals surface area contributed by atoms with E-state index >= 15 is 0 Å². The standard InChI is InChI=1S/C15H20N2O/c1-14(2,3)15(18,10-16)13-9-17-8-11-6-4-5-7-12(11)13/h4-9,18H,10,16H2,1-3H3. The molecule has 2 rings (SSSR count). The molecule has 1 aromatic carbocycles. The number of hydrogen-bond acceptors (Lipinski definition) is 3. The number of pyridine rings is 1. The molecular weight excluding hydrogens is 224 g/mol. The van der Waals surface area contributed by atoms with Crippen LogP contribution in [0.4, 0.5) is 0 Å². The highest BCUT2D eigenvalue weighted by molar-refractivity contribution is 5.85. The Kier molecular flexibility index (Phi) is 3.13. The summed E-state index contributed by atoms with van der Waals surface area (Å²) in [6.07, 6.45) is 3.53. The van der Waals surface area contributed by atoms with Crippen LogP contribution < -0.4 is 5.73 Å². The van der Waals surface area contributed by atoms with Gasteiger partial charge in [-0.05, 0) is 10.8 Å². The molecule has 0 saturated heterocycles. The Labute approximate surface area is 108 Å². The van der Waals surface area contributed by atoms with E-state index in [2.05, 4.69) is 4.98 Å². The third kappa shape index (κ3) is 1.89. The van der Waals surface area contributed by atoms with Gasteiger partial charge in [0.25, 0.3) is 0 Å². The van der Waals surface area contributed by atoms with Gasteiger partial charge in [-0.1, -0.05) is 45.0 Å². The van der Waals surface area contributed by atoms with Gasteiger partial charge in [0, 0.05) is 29.9 Å². The molecule has 0 aliphatic rings. The van der Waals surface area contributed by atoms with Gasteiger partial charge in [-0.25, -0.2) is 0 Å². The SMILES string of the molecule is CC(C)(C)C(O)(CN)c1cncc2ccccc12. The second-order valence-electron chi connectivity index (χ2n) is 5.72. The topological polar surface area (TPSA) is 59.1 Å². The van der Waals surface area contributed by atoms with E-state index in [4.69, 9.17) is 5.73 Å². The lowest BCUT2D eigenvalue weighted by atomic mass is 9.71. The van der Waals surface area contributed by atoms with Crippen molar-refractivity contribution < 1.29 is 5.11 Å². The molecule has 0 aliphatic heterocycles. The van der Waals surface area contributed by atoms with E-state index in [9.17, 15) is 5.11 Å². The average molecular weight is 244 g/mol. The molecule has 1 aromatic heterocycles. The summed E-state index contributed by atoms with van der Waals surface area (Å²) in [5.74, 6) is 0. The molecule has 1 unspecified atom stereocenters. The van der Waals surface area contributed by atoms with Crippen LogP contribution in [0, 0.1) is 5.41 Å². The van der Waals surface area contributed by atoms with Crippen molar-refractivity contribution in [3.63, 3.8) is 0 Å². The quantitative estimate of drug-likeness (QED) is 0.853. The number of aromatic nitrogens is 1. The van der Waals surface area contributed by atoms with Crippen molar-refractivity contribution in [2.45, 2.75) is 26.4 Å². The summed E-state index contributed by atoms with van der Waals surface area (Å²) in [5.41, 5.74) is 5.20. The number of benzene rings is 1. The fourth-order valence-corrected chi connectivity index (χ4v) is 2.27. The minimum absolute atomic E-state index is 0.173. The number of hydrogen-bond donors (Lipinski definition) is 2. The average Bonchev–Trinajstić information content (AvgIpc) is 2.35. The van der Waals surface area contributed by atoms with Crippen molar-refractivity contribution in [3.8, 4) is 0 Å². The van der Waals surface area contributed by atoms with E-state index in [0.717, 1.165) is 16.3 Å². The van der Waals surface area contributed by atoms with Crippen LogP contribution in [-0.2, 0) is 5.60 Å². The van der Waals surface area contributed by atoms with E-state index in [1.54, 1.807) is 12.4 Å². The van der Waals surface area contributed by atoms with Gasteiger partial charge in [0.15, 0.2) is 0 Å². The van der Waals surface area contributed by atoms with Crippen molar-refractivity contribution in [2.24, 2.45) is 11.1 Å². The maximum absolute atomic E-state index is 11.0. The molecule has 18 heavy (non-hydrogen) atoms. The second-order valence-corrected chi connectivity index (χ2v) is 5.72. The van der Waals surface area contributed by atoms with Gasteiger partial charge in [-0.3, -0.25) is 4.98 Å². The molecule has 2 aromatic rings. The number of nitrogens with zero attached hydrogens (tertiary/aromatic N) is 1. The van der Waals surface area contributed by atoms with Crippen molar-refractivity contribution >= 4 is 10.8 Å². The highest BCUT2D eigenvalue weighted by Crippen LogP contribution is 2.40. The van der Waals surface area contributed by atoms with Crippen LogP contribution in [0.2, 0.25) is 0 Å². The Morgan fingerprint density at radius 3 is 2.44 bits per heavy atom. The lowest BCUT2D eigenvalue weighted by Crippen LogP contribution is -2.46. The lowest BCUT2D eigenvalue weighted by molar-refractivity contribution is -0.0547. The second kappa shape index (κ2) is 4.34. The van der Waals surface area contributed by atoms with E-state index in [-0.39, 0.29) is 12.0 Å². The summed E-state index contributed by atoms with van der Waals surface area (Å²) in [6, 6.07) is 7.92. The van der Waals surface area contributed by atoms with E-state index in [0.29, 0.717) is 0 Å². The number of nitrogens with two attached hydrogens (primary N) is 1. The number of rotatable bonds is 2. The van der Waals surface area contributed by atoms with Crippen LogP contribution in [0.3, 0.4) is 0 Å². The van der Waals surface area contributed by atoms with E-state index in [1.807, 2.05) is 45.0 Å². The Balaban J connectivity index is 2.74. The summed E-state index contributed by atoms with van der Waals surface area (Å²) < 4.78 is 0. The maximum atomic E-state index is 11.0. The summed E-state index contributed by atoms with van der Waals surface area (Å²) in [4.78, 5) is 4.22. The van der Waals surface area contributed by atoms with E-state index < -0.39 is 5.60 Å². The summed E-state index contributed by atoms with van der Waals surface area (Å²) in [6.45, 7) is 6.14. The van der Waals surface area contributed by atoms with Crippen molar-refractivity contribution in [2.75, 3.05) is 6.54 Å². The first-order valence-corrected chi connectivity index (χ1v) is 6.16. The molecular formula is C15H20N2O. The maximum Gasteiger partial charge on any atom is 0.109 e. The molecule has 0 radical (unpaired) electrons. The van der Waals surface area contributed by atoms with Gasteiger partial charge in [-0.15, -0.1) is 0 Å². The molecule has 0 aliphatic carbocycles. The molecule has 96 valence electrons. The molecule has 3 nitrogen and oxygen atoms in total. The van der Waals surface area contributed by atoms with Crippen LogP contribution in [0.1, 0.15) is 26.3 Å². The summed E-state index contributed by atoms with van der Waals surface area (Å²) in [5, 5.41) is 13.0. The fraction of sp³-hybridized carbons (Fsp3) is 0.400. The zero-order valence-electron chi connectivity index (χ0n) is 11.1. The van der Waals surface area contributed by atoms with Gasteiger partial charge in [0.1, 0.15) is 5.60 Å². The fourth-order valence-electron chi connectivity index (χ4n) is 2.27. The first-order valence-electron chi connectivity index (χ1n) is 6.16. The monoisotopic (exact) mass is 244 g/mol. The summed E-state index contributed by atoms with van der Waals surface area (Å²) >= 11 is 0. The molecule has 3 N–H and O–H groups in total. The molecule has 0 bridgehead atoms. The normalized spacial score (nSPS) is 15.6. The molecule has 0 saturated carbocycles. The van der Waals surface area contributed by atoms with Crippen LogP contribution in [-0.4, -0.2) is 16.6 Å².